The number of carbonyl (C=O) groups excluding carboxylic acids is 2. The summed E-state index contributed by atoms with van der Waals surface area (Å²) in [6.45, 7) is 1.78. The van der Waals surface area contributed by atoms with Crippen molar-refractivity contribution in [3.05, 3.63) is 0 Å². The van der Waals surface area contributed by atoms with E-state index in [0.29, 0.717) is 0 Å². The molecule has 2 unspecified atom stereocenters. The van der Waals surface area contributed by atoms with E-state index < -0.39 is 30.3 Å². The molecule has 0 amide bonds. The van der Waals surface area contributed by atoms with E-state index >= 15 is 0 Å². The molecule has 7 N–H and O–H groups in total. The lowest BCUT2D eigenvalue weighted by Gasteiger charge is -2.07. The molecular weight excluding hydrogens is 308 g/mol. The average Bonchev–Trinajstić information content (AvgIpc) is 2.45. The van der Waals surface area contributed by atoms with Gasteiger partial charge in [0.15, 0.2) is 23.8 Å². The molecule has 130 valence electrons. The fraction of sp³-hybridized carbons (Fsp3) is 0.636. The number of carboxylic acids is 2. The highest BCUT2D eigenvalue weighted by Crippen LogP contribution is 1.92. The van der Waals surface area contributed by atoms with E-state index in [9.17, 15) is 19.2 Å². The van der Waals surface area contributed by atoms with Crippen molar-refractivity contribution in [1.29, 1.82) is 0 Å². The number of ketones is 2. The van der Waals surface area contributed by atoms with Gasteiger partial charge >= 0.3 is 11.9 Å². The minimum atomic E-state index is -2.27. The minimum Gasteiger partial charge on any atom is -0.479 e. The Morgan fingerprint density at radius 2 is 0.955 bits per heavy atom. The van der Waals surface area contributed by atoms with Crippen LogP contribution >= 0.6 is 0 Å². The third-order valence-corrected chi connectivity index (χ3v) is 1.72. The van der Waals surface area contributed by atoms with Crippen LogP contribution in [0.4, 0.5) is 0 Å². The van der Waals surface area contributed by atoms with Crippen molar-refractivity contribution in [3.8, 4) is 0 Å². The Kier molecular flexibility index (Phi) is 16.0. The molecule has 0 aliphatic carbocycles. The fourth-order valence-electron chi connectivity index (χ4n) is 0.328. The van der Waals surface area contributed by atoms with E-state index in [-0.39, 0.29) is 24.8 Å². The molecule has 11 nitrogen and oxygen atoms in total. The first-order chi connectivity index (χ1) is 9.91. The summed E-state index contributed by atoms with van der Waals surface area (Å²) in [5, 5.41) is 56.5. The molecule has 0 bridgehead atoms. The molecule has 0 heterocycles. The van der Waals surface area contributed by atoms with Crippen LogP contribution in [0.3, 0.4) is 0 Å². The number of Topliss-reactive ketones (excluding diaryl/α,β-unsaturated/α-hetero) is 2. The first-order valence-corrected chi connectivity index (χ1v) is 5.65. The van der Waals surface area contributed by atoms with Crippen molar-refractivity contribution >= 4 is 23.5 Å². The Morgan fingerprint density at radius 1 is 0.727 bits per heavy atom. The third-order valence-electron chi connectivity index (χ3n) is 1.72. The summed E-state index contributed by atoms with van der Waals surface area (Å²) in [5.74, 6) is -4.30. The molecule has 2 atom stereocenters. The number of hydrogen-bond donors (Lipinski definition) is 7. The zero-order valence-corrected chi connectivity index (χ0v) is 11.9. The predicted octanol–water partition coefficient (Wildman–Crippen LogP) is -3.63. The van der Waals surface area contributed by atoms with E-state index in [1.807, 2.05) is 0 Å². The Labute approximate surface area is 125 Å². The molecule has 0 aliphatic heterocycles. The molecule has 0 saturated heterocycles. The van der Waals surface area contributed by atoms with Gasteiger partial charge in [0, 0.05) is 13.8 Å². The predicted molar refractivity (Wildman–Crippen MR) is 68.8 cm³/mol. The van der Waals surface area contributed by atoms with Crippen molar-refractivity contribution in [2.75, 3.05) is 13.2 Å². The maximum atomic E-state index is 9.79. The molecule has 0 aromatic rings. The highest BCUT2D eigenvalue weighted by Gasteiger charge is 2.29. The van der Waals surface area contributed by atoms with Crippen LogP contribution in [0.15, 0.2) is 0 Å². The van der Waals surface area contributed by atoms with Crippen LogP contribution < -0.4 is 0 Å². The highest BCUT2D eigenvalue weighted by atomic mass is 16.4. The molecule has 0 spiro atoms. The smallest absolute Gasteiger partial charge is 0.335 e. The topological polar surface area (TPSA) is 210 Å². The van der Waals surface area contributed by atoms with Crippen LogP contribution in [0.5, 0.6) is 0 Å². The zero-order valence-electron chi connectivity index (χ0n) is 11.9. The van der Waals surface area contributed by atoms with Gasteiger partial charge in [-0.25, -0.2) is 9.59 Å². The van der Waals surface area contributed by atoms with Crippen LogP contribution in [0.25, 0.3) is 0 Å². The number of carboxylic acid groups (broad SMARTS) is 2. The molecule has 0 fully saturated rings. The Morgan fingerprint density at radius 3 is 1.00 bits per heavy atom. The van der Waals surface area contributed by atoms with Gasteiger partial charge in [-0.2, -0.15) is 0 Å². The fourth-order valence-corrected chi connectivity index (χ4v) is 0.328. The van der Waals surface area contributed by atoms with Crippen molar-refractivity contribution in [2.45, 2.75) is 32.2 Å². The average molecular weight is 328 g/mol. The molecule has 0 rings (SSSR count). The third kappa shape index (κ3) is 16.1. The van der Waals surface area contributed by atoms with E-state index in [1.165, 1.54) is 13.8 Å². The molecule has 0 saturated carbocycles. The summed E-state index contributed by atoms with van der Waals surface area (Å²) in [7, 11) is 0. The number of rotatable bonds is 6. The molecule has 11 heteroatoms. The highest BCUT2D eigenvalue weighted by molar-refractivity contribution is 6.35. The summed E-state index contributed by atoms with van der Waals surface area (Å²) in [6.07, 6.45) is -5.49. The maximum Gasteiger partial charge on any atom is 0.335 e. The van der Waals surface area contributed by atoms with E-state index in [2.05, 4.69) is 0 Å². The molecule has 22 heavy (non-hydrogen) atoms. The summed E-state index contributed by atoms with van der Waals surface area (Å²) < 4.78 is 0. The quantitative estimate of drug-likeness (QED) is 0.236. The van der Waals surface area contributed by atoms with Gasteiger partial charge in [-0.1, -0.05) is 0 Å². The van der Waals surface area contributed by atoms with Gasteiger partial charge in [-0.15, -0.1) is 0 Å². The van der Waals surface area contributed by atoms with Crippen molar-refractivity contribution in [1.82, 2.24) is 0 Å². The second-order valence-electron chi connectivity index (χ2n) is 3.70. The largest absolute Gasteiger partial charge is 0.479 e. The summed E-state index contributed by atoms with van der Waals surface area (Å²) in [4.78, 5) is 39.1. The second kappa shape index (κ2) is 14.0. The first kappa shape index (κ1) is 25.1. The standard InChI is InChI=1S/C4H6O6.C4H6O2.C3H8O3/c5-1(3(7)8)2(6)4(9)10;1-3(5)4(2)6;4-1-3(6)2-5/h1-2,5-6H,(H,7,8)(H,9,10);1-2H3;3-6H,1-2H2. The second-order valence-corrected chi connectivity index (χ2v) is 3.70. The number of carbonyl (C=O) groups is 4. The number of aliphatic hydroxyl groups is 5. The summed E-state index contributed by atoms with van der Waals surface area (Å²) >= 11 is 0. The summed E-state index contributed by atoms with van der Waals surface area (Å²) in [5.41, 5.74) is 0. The van der Waals surface area contributed by atoms with Gasteiger partial charge in [-0.05, 0) is 0 Å². The van der Waals surface area contributed by atoms with Gasteiger partial charge in [0.25, 0.3) is 0 Å². The Balaban J connectivity index is -0.000000261. The van der Waals surface area contributed by atoms with E-state index in [0.717, 1.165) is 0 Å². The molecule has 0 aromatic carbocycles. The van der Waals surface area contributed by atoms with Gasteiger partial charge < -0.3 is 35.7 Å². The molecular formula is C11H20O11. The lowest BCUT2D eigenvalue weighted by atomic mass is 10.2. The van der Waals surface area contributed by atoms with Crippen LogP contribution in [-0.2, 0) is 19.2 Å². The van der Waals surface area contributed by atoms with Gasteiger partial charge in [0.1, 0.15) is 6.10 Å². The lowest BCUT2D eigenvalue weighted by molar-refractivity contribution is -0.165. The lowest BCUT2D eigenvalue weighted by Crippen LogP contribution is -2.39. The molecule has 0 aromatic heterocycles. The first-order valence-electron chi connectivity index (χ1n) is 5.65. The Bertz CT molecular complexity index is 331. The molecule has 0 radical (unpaired) electrons. The van der Waals surface area contributed by atoms with Gasteiger partial charge in [-0.3, -0.25) is 9.59 Å². The summed E-state index contributed by atoms with van der Waals surface area (Å²) in [6, 6.07) is 0. The van der Waals surface area contributed by atoms with Crippen LogP contribution in [0.2, 0.25) is 0 Å². The van der Waals surface area contributed by atoms with Crippen LogP contribution in [0, 0.1) is 0 Å². The number of aliphatic carboxylic acids is 2. The SMILES string of the molecule is CC(=O)C(C)=O.O=C(O)C(O)C(O)C(=O)O.OCC(O)CO. The molecule has 0 aliphatic rings. The Hall–Kier alpha value is -1.92. The van der Waals surface area contributed by atoms with E-state index in [1.54, 1.807) is 0 Å². The normalized spacial score (nSPS) is 12.0. The van der Waals surface area contributed by atoms with Crippen molar-refractivity contribution in [2.24, 2.45) is 0 Å². The van der Waals surface area contributed by atoms with Crippen LogP contribution in [-0.4, -0.2) is 90.8 Å². The van der Waals surface area contributed by atoms with Crippen molar-refractivity contribution in [3.63, 3.8) is 0 Å². The van der Waals surface area contributed by atoms with Gasteiger partial charge in [0.05, 0.1) is 13.2 Å². The number of hydrogen-bond acceptors (Lipinski definition) is 9. The van der Waals surface area contributed by atoms with Crippen LogP contribution in [0.1, 0.15) is 13.8 Å². The zero-order chi connectivity index (χ0) is 18.5. The maximum absolute atomic E-state index is 9.79. The minimum absolute atomic E-state index is 0.365. The van der Waals surface area contributed by atoms with Gasteiger partial charge in [0.2, 0.25) is 0 Å². The van der Waals surface area contributed by atoms with E-state index in [4.69, 9.17) is 35.7 Å². The van der Waals surface area contributed by atoms with Crippen molar-refractivity contribution < 1.29 is 54.9 Å². The monoisotopic (exact) mass is 328 g/mol. The number of aliphatic hydroxyl groups excluding tert-OH is 5.